The molecular formula is C22H28N2OS. The van der Waals surface area contributed by atoms with Crippen LogP contribution in [0.3, 0.4) is 0 Å². The maximum absolute atomic E-state index is 12.8. The Morgan fingerprint density at radius 2 is 2.12 bits per heavy atom. The highest BCUT2D eigenvalue weighted by Gasteiger charge is 2.39. The normalized spacial score (nSPS) is 23.7. The maximum atomic E-state index is 12.8. The van der Waals surface area contributed by atoms with Crippen LogP contribution in [0, 0.1) is 12.8 Å². The molecule has 2 saturated heterocycles. The number of carbonyl (C=O) groups is 1. The first-order chi connectivity index (χ1) is 12.7. The van der Waals surface area contributed by atoms with Crippen LogP contribution >= 0.6 is 11.3 Å². The quantitative estimate of drug-likeness (QED) is 0.811. The molecule has 0 aliphatic carbocycles. The summed E-state index contributed by atoms with van der Waals surface area (Å²) >= 11 is 1.67. The van der Waals surface area contributed by atoms with Crippen molar-refractivity contribution in [3.63, 3.8) is 0 Å². The summed E-state index contributed by atoms with van der Waals surface area (Å²) in [6, 6.07) is 11.4. The van der Waals surface area contributed by atoms with Gasteiger partial charge < -0.3 is 4.90 Å². The van der Waals surface area contributed by atoms with Gasteiger partial charge in [-0.05, 0) is 60.2 Å². The Morgan fingerprint density at radius 3 is 2.92 bits per heavy atom. The molecule has 2 aliphatic rings. The van der Waals surface area contributed by atoms with Crippen molar-refractivity contribution < 1.29 is 4.79 Å². The van der Waals surface area contributed by atoms with E-state index in [0.717, 1.165) is 31.7 Å². The number of hydrogen-bond acceptors (Lipinski definition) is 3. The Bertz CT molecular complexity index is 742. The van der Waals surface area contributed by atoms with Gasteiger partial charge in [-0.1, -0.05) is 36.2 Å². The summed E-state index contributed by atoms with van der Waals surface area (Å²) in [5.74, 6) is 0.931. The van der Waals surface area contributed by atoms with Gasteiger partial charge in [-0.15, -0.1) is 0 Å². The molecular weight excluding hydrogens is 340 g/mol. The van der Waals surface area contributed by atoms with Gasteiger partial charge in [-0.25, -0.2) is 0 Å². The van der Waals surface area contributed by atoms with Gasteiger partial charge in [0.2, 0.25) is 5.91 Å². The maximum Gasteiger partial charge on any atom is 0.227 e. The third kappa shape index (κ3) is 4.02. The highest BCUT2D eigenvalue weighted by Crippen LogP contribution is 2.31. The van der Waals surface area contributed by atoms with Crippen molar-refractivity contribution in [3.8, 4) is 0 Å². The van der Waals surface area contributed by atoms with E-state index in [-0.39, 0.29) is 0 Å². The van der Waals surface area contributed by atoms with Crippen molar-refractivity contribution in [2.75, 3.05) is 19.6 Å². The van der Waals surface area contributed by atoms with Gasteiger partial charge in [0.25, 0.3) is 0 Å². The molecule has 0 N–H and O–H groups in total. The topological polar surface area (TPSA) is 23.6 Å². The van der Waals surface area contributed by atoms with E-state index < -0.39 is 0 Å². The van der Waals surface area contributed by atoms with E-state index in [2.05, 4.69) is 57.8 Å². The third-order valence-corrected chi connectivity index (χ3v) is 6.63. The fourth-order valence-corrected chi connectivity index (χ4v) is 5.23. The first-order valence-corrected chi connectivity index (χ1v) is 10.7. The molecule has 0 saturated carbocycles. The van der Waals surface area contributed by atoms with Gasteiger partial charge in [0.1, 0.15) is 0 Å². The van der Waals surface area contributed by atoms with Gasteiger partial charge in [0.15, 0.2) is 0 Å². The van der Waals surface area contributed by atoms with E-state index in [0.29, 0.717) is 24.3 Å². The van der Waals surface area contributed by atoms with Crippen molar-refractivity contribution in [2.45, 2.75) is 45.2 Å². The molecule has 0 bridgehead atoms. The van der Waals surface area contributed by atoms with E-state index in [9.17, 15) is 4.79 Å². The summed E-state index contributed by atoms with van der Waals surface area (Å²) in [6.45, 7) is 6.17. The zero-order valence-electron chi connectivity index (χ0n) is 15.6. The molecule has 3 heterocycles. The second kappa shape index (κ2) is 7.93. The van der Waals surface area contributed by atoms with Crippen LogP contribution in [0.25, 0.3) is 0 Å². The summed E-state index contributed by atoms with van der Waals surface area (Å²) in [5.41, 5.74) is 3.88. The van der Waals surface area contributed by atoms with Crippen LogP contribution < -0.4 is 0 Å². The molecule has 2 aliphatic heterocycles. The molecule has 4 rings (SSSR count). The minimum absolute atomic E-state index is 0.298. The number of aryl methyl sites for hydroxylation is 1. The van der Waals surface area contributed by atoms with Crippen molar-refractivity contribution in [3.05, 3.63) is 57.8 Å². The second-order valence-corrected chi connectivity index (χ2v) is 8.67. The number of nitrogens with zero attached hydrogens (tertiary/aromatic N) is 2. The van der Waals surface area contributed by atoms with E-state index in [1.165, 1.54) is 30.4 Å². The SMILES string of the molecule is Cc1cccc(CN2CCCC[C@H]3CN(C(=O)Cc4ccsc4)C[C@H]32)c1. The fraction of sp³-hybridized carbons (Fsp3) is 0.500. The summed E-state index contributed by atoms with van der Waals surface area (Å²) in [5, 5.41) is 4.15. The predicted molar refractivity (Wildman–Crippen MR) is 107 cm³/mol. The predicted octanol–water partition coefficient (Wildman–Crippen LogP) is 4.11. The molecule has 0 radical (unpaired) electrons. The van der Waals surface area contributed by atoms with Crippen LogP contribution in [0.5, 0.6) is 0 Å². The van der Waals surface area contributed by atoms with Crippen LogP contribution in [0.2, 0.25) is 0 Å². The Balaban J connectivity index is 1.45. The molecule has 1 amide bonds. The van der Waals surface area contributed by atoms with Crippen LogP contribution in [0.1, 0.15) is 36.0 Å². The number of fused-ring (bicyclic) bond motifs is 1. The van der Waals surface area contributed by atoms with Gasteiger partial charge in [-0.3, -0.25) is 9.69 Å². The zero-order chi connectivity index (χ0) is 17.9. The molecule has 0 unspecified atom stereocenters. The van der Waals surface area contributed by atoms with Gasteiger partial charge in [0, 0.05) is 25.7 Å². The lowest BCUT2D eigenvalue weighted by Gasteiger charge is -2.30. The lowest BCUT2D eigenvalue weighted by molar-refractivity contribution is -0.129. The first kappa shape index (κ1) is 17.7. The Morgan fingerprint density at radius 1 is 1.19 bits per heavy atom. The number of rotatable bonds is 4. The average molecular weight is 369 g/mol. The van der Waals surface area contributed by atoms with Crippen molar-refractivity contribution in [2.24, 2.45) is 5.92 Å². The van der Waals surface area contributed by atoms with E-state index >= 15 is 0 Å². The Hall–Kier alpha value is -1.65. The highest BCUT2D eigenvalue weighted by atomic mass is 32.1. The molecule has 138 valence electrons. The van der Waals surface area contributed by atoms with Crippen molar-refractivity contribution in [1.29, 1.82) is 0 Å². The number of benzene rings is 1. The number of likely N-dealkylation sites (tertiary alicyclic amines) is 2. The average Bonchev–Trinajstić information content (AvgIpc) is 3.24. The van der Waals surface area contributed by atoms with Gasteiger partial charge in [-0.2, -0.15) is 11.3 Å². The molecule has 0 spiro atoms. The van der Waals surface area contributed by atoms with Gasteiger partial charge >= 0.3 is 0 Å². The number of hydrogen-bond donors (Lipinski definition) is 0. The van der Waals surface area contributed by atoms with Crippen LogP contribution in [-0.2, 0) is 17.8 Å². The molecule has 1 aromatic carbocycles. The minimum atomic E-state index is 0.298. The van der Waals surface area contributed by atoms with E-state index in [1.54, 1.807) is 11.3 Å². The van der Waals surface area contributed by atoms with E-state index in [1.807, 2.05) is 0 Å². The number of amides is 1. The highest BCUT2D eigenvalue weighted by molar-refractivity contribution is 7.08. The molecule has 4 heteroatoms. The Labute approximate surface area is 160 Å². The largest absolute Gasteiger partial charge is 0.340 e. The fourth-order valence-electron chi connectivity index (χ4n) is 4.56. The molecule has 2 fully saturated rings. The van der Waals surface area contributed by atoms with Crippen LogP contribution in [0.4, 0.5) is 0 Å². The number of carbonyl (C=O) groups excluding carboxylic acids is 1. The second-order valence-electron chi connectivity index (χ2n) is 7.89. The molecule has 3 nitrogen and oxygen atoms in total. The van der Waals surface area contributed by atoms with Crippen molar-refractivity contribution in [1.82, 2.24) is 9.80 Å². The van der Waals surface area contributed by atoms with Crippen LogP contribution in [-0.4, -0.2) is 41.4 Å². The summed E-state index contributed by atoms with van der Waals surface area (Å²) in [4.78, 5) is 17.5. The summed E-state index contributed by atoms with van der Waals surface area (Å²) < 4.78 is 0. The molecule has 2 aromatic rings. The molecule has 1 aromatic heterocycles. The lowest BCUT2D eigenvalue weighted by atomic mass is 9.98. The number of thiophene rings is 1. The first-order valence-electron chi connectivity index (χ1n) is 9.77. The molecule has 2 atom stereocenters. The zero-order valence-corrected chi connectivity index (χ0v) is 16.4. The Kier molecular flexibility index (Phi) is 5.41. The minimum Gasteiger partial charge on any atom is -0.340 e. The summed E-state index contributed by atoms with van der Waals surface area (Å²) in [7, 11) is 0. The van der Waals surface area contributed by atoms with Crippen molar-refractivity contribution >= 4 is 17.2 Å². The standard InChI is InChI=1S/C22H28N2OS/c1-17-5-4-6-18(11-17)13-23-9-3-2-7-20-14-24(15-21(20)23)22(25)12-19-8-10-26-16-19/h4-6,8,10-11,16,20-21H,2-3,7,9,12-15H2,1H3/t20-,21+/m0/s1. The van der Waals surface area contributed by atoms with Crippen LogP contribution in [0.15, 0.2) is 41.1 Å². The van der Waals surface area contributed by atoms with Gasteiger partial charge in [0.05, 0.1) is 6.42 Å². The lowest BCUT2D eigenvalue weighted by Crippen LogP contribution is -2.40. The van der Waals surface area contributed by atoms with E-state index in [4.69, 9.17) is 0 Å². The third-order valence-electron chi connectivity index (χ3n) is 5.90. The molecule has 26 heavy (non-hydrogen) atoms. The smallest absolute Gasteiger partial charge is 0.227 e. The monoisotopic (exact) mass is 368 g/mol. The summed E-state index contributed by atoms with van der Waals surface area (Å²) in [6.07, 6.45) is 4.39.